The number of aryl methyl sites for hydroxylation is 2. The Balaban J connectivity index is 1.29. The zero-order valence-corrected chi connectivity index (χ0v) is 25.3. The van der Waals surface area contributed by atoms with Gasteiger partial charge in [-0.25, -0.2) is 4.39 Å². The van der Waals surface area contributed by atoms with E-state index in [1.165, 1.54) is 22.7 Å². The van der Waals surface area contributed by atoms with E-state index in [0.29, 0.717) is 39.3 Å². The molecule has 0 aliphatic carbocycles. The molecule has 0 radical (unpaired) electrons. The number of Topliss-reactive ketones (excluding diaryl/α,β-unsaturated/α-hetero) is 1. The quantitative estimate of drug-likeness (QED) is 0.0593. The van der Waals surface area contributed by atoms with E-state index in [9.17, 15) is 19.1 Å². The molecule has 1 aliphatic rings. The summed E-state index contributed by atoms with van der Waals surface area (Å²) in [7, 11) is 0. The highest BCUT2D eigenvalue weighted by molar-refractivity contribution is 8.00. The first kappa shape index (κ1) is 29.3. The SMILES string of the molecule is Cc1ccc(C2C(=C(O)c3ccc(OCc4ccccc4C)cc3)C(=O)C(=O)N2c2nnc(SCc3ccccc3F)s2)o1. The van der Waals surface area contributed by atoms with Crippen molar-refractivity contribution in [2.75, 3.05) is 4.90 Å². The fourth-order valence-corrected chi connectivity index (χ4v) is 6.66. The van der Waals surface area contributed by atoms with Crippen LogP contribution in [0.1, 0.15) is 39.8 Å². The Morgan fingerprint density at radius 1 is 0.977 bits per heavy atom. The molecule has 1 atom stereocenters. The number of amides is 1. The number of anilines is 1. The summed E-state index contributed by atoms with van der Waals surface area (Å²) in [6.45, 7) is 4.14. The molecular weight excluding hydrogens is 602 g/mol. The van der Waals surface area contributed by atoms with E-state index < -0.39 is 17.7 Å². The Hall–Kier alpha value is -4.74. The number of nitrogens with zero attached hydrogens (tertiary/aromatic N) is 3. The Labute approximate surface area is 260 Å². The van der Waals surface area contributed by atoms with Gasteiger partial charge in [0, 0.05) is 11.3 Å². The van der Waals surface area contributed by atoms with E-state index >= 15 is 0 Å². The number of hydrogen-bond acceptors (Lipinski definition) is 9. The fourth-order valence-electron chi connectivity index (χ4n) is 4.81. The number of thioether (sulfide) groups is 1. The maximum Gasteiger partial charge on any atom is 0.302 e. The van der Waals surface area contributed by atoms with Crippen molar-refractivity contribution < 1.29 is 28.2 Å². The number of rotatable bonds is 9. The summed E-state index contributed by atoms with van der Waals surface area (Å²) < 4.78 is 26.4. The lowest BCUT2D eigenvalue weighted by molar-refractivity contribution is -0.132. The van der Waals surface area contributed by atoms with Gasteiger partial charge in [0.2, 0.25) is 5.13 Å². The van der Waals surface area contributed by atoms with Crippen LogP contribution >= 0.6 is 23.1 Å². The topological polar surface area (TPSA) is 106 Å². The first-order chi connectivity index (χ1) is 21.3. The molecule has 1 saturated heterocycles. The lowest BCUT2D eigenvalue weighted by Gasteiger charge is -2.20. The molecule has 11 heteroatoms. The summed E-state index contributed by atoms with van der Waals surface area (Å²) in [5.41, 5.74) is 2.88. The predicted molar refractivity (Wildman–Crippen MR) is 166 cm³/mol. The zero-order valence-electron chi connectivity index (χ0n) is 23.7. The number of furan rings is 1. The van der Waals surface area contributed by atoms with Crippen molar-refractivity contribution in [3.63, 3.8) is 0 Å². The fraction of sp³-hybridized carbons (Fsp3) is 0.152. The van der Waals surface area contributed by atoms with Gasteiger partial charge >= 0.3 is 5.91 Å². The highest BCUT2D eigenvalue weighted by atomic mass is 32.2. The first-order valence-electron chi connectivity index (χ1n) is 13.6. The Kier molecular flexibility index (Phi) is 8.32. The van der Waals surface area contributed by atoms with E-state index in [0.717, 1.165) is 22.5 Å². The molecule has 1 amide bonds. The molecule has 222 valence electrons. The van der Waals surface area contributed by atoms with E-state index in [2.05, 4.69) is 10.2 Å². The number of carbonyl (C=O) groups is 2. The van der Waals surface area contributed by atoms with E-state index in [1.54, 1.807) is 61.5 Å². The Morgan fingerprint density at radius 2 is 1.70 bits per heavy atom. The third-order valence-corrected chi connectivity index (χ3v) is 9.27. The summed E-state index contributed by atoms with van der Waals surface area (Å²) in [5.74, 6) is -0.675. The van der Waals surface area contributed by atoms with Crippen molar-refractivity contribution in [3.8, 4) is 5.75 Å². The van der Waals surface area contributed by atoms with Gasteiger partial charge in [-0.15, -0.1) is 10.2 Å². The lowest BCUT2D eigenvalue weighted by Crippen LogP contribution is -2.29. The first-order valence-corrected chi connectivity index (χ1v) is 15.4. The molecule has 0 bridgehead atoms. The minimum atomic E-state index is -1.07. The summed E-state index contributed by atoms with van der Waals surface area (Å²) in [6.07, 6.45) is 0. The second-order valence-corrected chi connectivity index (χ2v) is 12.3. The van der Waals surface area contributed by atoms with Gasteiger partial charge in [0.1, 0.15) is 41.5 Å². The molecule has 3 aromatic carbocycles. The van der Waals surface area contributed by atoms with E-state index in [-0.39, 0.29) is 28.0 Å². The molecule has 0 saturated carbocycles. The minimum absolute atomic E-state index is 0.131. The smallest absolute Gasteiger partial charge is 0.302 e. The molecule has 5 aromatic rings. The maximum atomic E-state index is 14.1. The molecule has 0 spiro atoms. The van der Waals surface area contributed by atoms with Gasteiger partial charge < -0.3 is 14.3 Å². The van der Waals surface area contributed by atoms with Gasteiger partial charge in [-0.1, -0.05) is 65.6 Å². The van der Waals surface area contributed by atoms with Gasteiger partial charge in [-0.3, -0.25) is 14.5 Å². The summed E-state index contributed by atoms with van der Waals surface area (Å²) in [5, 5.41) is 19.9. The lowest BCUT2D eigenvalue weighted by atomic mass is 9.99. The van der Waals surface area contributed by atoms with Crippen LogP contribution in [0, 0.1) is 19.7 Å². The van der Waals surface area contributed by atoms with Gasteiger partial charge in [-0.05, 0) is 73.0 Å². The summed E-state index contributed by atoms with van der Waals surface area (Å²) >= 11 is 2.36. The number of benzene rings is 3. The number of ether oxygens (including phenoxy) is 1. The van der Waals surface area contributed by atoms with Crippen LogP contribution in [-0.2, 0) is 21.9 Å². The number of aliphatic hydroxyl groups is 1. The van der Waals surface area contributed by atoms with Gasteiger partial charge in [0.25, 0.3) is 5.78 Å². The molecule has 1 aliphatic heterocycles. The molecule has 6 rings (SSSR count). The third-order valence-electron chi connectivity index (χ3n) is 7.17. The van der Waals surface area contributed by atoms with Crippen LogP contribution in [0.4, 0.5) is 9.52 Å². The van der Waals surface area contributed by atoms with Crippen molar-refractivity contribution in [2.45, 2.75) is 36.6 Å². The number of hydrogen-bond donors (Lipinski definition) is 1. The number of ketones is 1. The largest absolute Gasteiger partial charge is 0.507 e. The third kappa shape index (κ3) is 5.88. The van der Waals surface area contributed by atoms with Gasteiger partial charge in [-0.2, -0.15) is 0 Å². The van der Waals surface area contributed by atoms with Crippen LogP contribution in [0.2, 0.25) is 0 Å². The average molecular weight is 628 g/mol. The van der Waals surface area contributed by atoms with Crippen LogP contribution in [-0.4, -0.2) is 27.0 Å². The van der Waals surface area contributed by atoms with Crippen molar-refractivity contribution in [1.29, 1.82) is 0 Å². The number of aliphatic hydroxyl groups excluding tert-OH is 1. The van der Waals surface area contributed by atoms with Crippen LogP contribution < -0.4 is 9.64 Å². The normalized spacial score (nSPS) is 16.1. The molecule has 1 unspecified atom stereocenters. The van der Waals surface area contributed by atoms with Crippen molar-refractivity contribution in [3.05, 3.63) is 130 Å². The second kappa shape index (κ2) is 12.5. The molecule has 44 heavy (non-hydrogen) atoms. The second-order valence-electron chi connectivity index (χ2n) is 10.1. The standard InChI is InChI=1S/C33H26FN3O5S2/c1-19-7-3-4-8-22(19)17-41-24-14-12-21(13-15-24)29(38)27-28(26-16-11-20(2)42-26)37(31(40)30(27)39)32-35-36-33(44-32)43-18-23-9-5-6-10-25(23)34/h3-16,28,38H,17-18H2,1-2H3. The van der Waals surface area contributed by atoms with Crippen LogP contribution in [0.25, 0.3) is 5.76 Å². The van der Waals surface area contributed by atoms with Crippen LogP contribution in [0.5, 0.6) is 5.75 Å². The maximum absolute atomic E-state index is 14.1. The van der Waals surface area contributed by atoms with Gasteiger partial charge in [0.05, 0.1) is 5.57 Å². The van der Waals surface area contributed by atoms with Crippen molar-refractivity contribution in [2.24, 2.45) is 0 Å². The number of carbonyl (C=O) groups excluding carboxylic acids is 2. The molecule has 1 fully saturated rings. The molecule has 1 N–H and O–H groups in total. The predicted octanol–water partition coefficient (Wildman–Crippen LogP) is 7.38. The zero-order chi connectivity index (χ0) is 30.8. The molecular formula is C33H26FN3O5S2. The van der Waals surface area contributed by atoms with E-state index in [1.807, 2.05) is 31.2 Å². The highest BCUT2D eigenvalue weighted by Gasteiger charge is 2.49. The molecule has 3 heterocycles. The van der Waals surface area contributed by atoms with Crippen molar-refractivity contribution >= 4 is 45.7 Å². The summed E-state index contributed by atoms with van der Waals surface area (Å²) in [6, 6.07) is 23.3. The average Bonchev–Trinajstić information content (AvgIpc) is 3.74. The van der Waals surface area contributed by atoms with Crippen LogP contribution in [0.3, 0.4) is 0 Å². The summed E-state index contributed by atoms with van der Waals surface area (Å²) in [4.78, 5) is 28.1. The van der Waals surface area contributed by atoms with Crippen molar-refractivity contribution in [1.82, 2.24) is 10.2 Å². The number of halogens is 1. The Morgan fingerprint density at radius 3 is 2.41 bits per heavy atom. The molecule has 2 aromatic heterocycles. The Bertz CT molecular complexity index is 1880. The van der Waals surface area contributed by atoms with Gasteiger partial charge in [0.15, 0.2) is 4.34 Å². The number of aromatic nitrogens is 2. The van der Waals surface area contributed by atoms with E-state index in [4.69, 9.17) is 9.15 Å². The highest BCUT2D eigenvalue weighted by Crippen LogP contribution is 2.44. The minimum Gasteiger partial charge on any atom is -0.507 e. The molecule has 8 nitrogen and oxygen atoms in total. The monoisotopic (exact) mass is 627 g/mol. The van der Waals surface area contributed by atoms with Crippen LogP contribution in [0.15, 0.2) is 99.3 Å².